The third kappa shape index (κ3) is 4.98. The van der Waals surface area contributed by atoms with E-state index in [1.807, 2.05) is 74.6 Å². The van der Waals surface area contributed by atoms with Gasteiger partial charge in [-0.05, 0) is 52.9 Å². The summed E-state index contributed by atoms with van der Waals surface area (Å²) in [5, 5.41) is 24.1. The van der Waals surface area contributed by atoms with E-state index in [1.165, 1.54) is 0 Å². The number of H-pyrrole nitrogens is 1. The summed E-state index contributed by atoms with van der Waals surface area (Å²) in [5.74, 6) is -0.275. The molecule has 6 heteroatoms. The van der Waals surface area contributed by atoms with Gasteiger partial charge in [-0.25, -0.2) is 0 Å². The van der Waals surface area contributed by atoms with E-state index < -0.39 is 12.1 Å². The van der Waals surface area contributed by atoms with Gasteiger partial charge in [0, 0.05) is 23.0 Å². The number of para-hydroxylation sites is 1. The number of carbonyl (C=O) groups excluding carboxylic acids is 1. The van der Waals surface area contributed by atoms with Crippen LogP contribution in [0.2, 0.25) is 0 Å². The van der Waals surface area contributed by atoms with E-state index >= 15 is 0 Å². The molecule has 176 valence electrons. The van der Waals surface area contributed by atoms with Crippen LogP contribution in [0.5, 0.6) is 5.75 Å². The van der Waals surface area contributed by atoms with E-state index in [0.29, 0.717) is 17.9 Å². The predicted molar refractivity (Wildman–Crippen MR) is 134 cm³/mol. The minimum absolute atomic E-state index is 0.0587. The van der Waals surface area contributed by atoms with Crippen molar-refractivity contribution >= 4 is 16.8 Å². The van der Waals surface area contributed by atoms with Crippen molar-refractivity contribution in [2.45, 2.75) is 39.0 Å². The number of carbonyl (C=O) groups is 1. The molecule has 0 saturated heterocycles. The standard InChI is InChI=1S/C28H30N2O4/c1-3-13-34-26-12-11-21(20-8-6-7-19(14-20)17-31)15-23(26)28(33)30-27(32)18(2)24-16-29-25-10-5-4-9-22(24)25/h4-12,14-16,18,27,29,31-32H,3,13,17H2,1-2H3,(H,30,33)/t18?,27-/m1/s1. The molecule has 0 radical (unpaired) electrons. The Balaban J connectivity index is 1.60. The van der Waals surface area contributed by atoms with Crippen molar-refractivity contribution in [1.82, 2.24) is 10.3 Å². The summed E-state index contributed by atoms with van der Waals surface area (Å²) in [4.78, 5) is 16.5. The SMILES string of the molecule is CCCOc1ccc(-c2cccc(CO)c2)cc1C(=O)N[C@H](O)C(C)c1c[nH]c2ccccc12. The van der Waals surface area contributed by atoms with Crippen LogP contribution < -0.4 is 10.1 Å². The summed E-state index contributed by atoms with van der Waals surface area (Å²) in [7, 11) is 0. The van der Waals surface area contributed by atoms with E-state index in [1.54, 1.807) is 12.1 Å². The van der Waals surface area contributed by atoms with Crippen LogP contribution in [-0.4, -0.2) is 33.9 Å². The van der Waals surface area contributed by atoms with Crippen LogP contribution in [0, 0.1) is 0 Å². The second-order valence-corrected chi connectivity index (χ2v) is 8.41. The molecule has 3 aromatic carbocycles. The Labute approximate surface area is 199 Å². The number of hydrogen-bond acceptors (Lipinski definition) is 4. The fourth-order valence-corrected chi connectivity index (χ4v) is 4.05. The molecule has 4 aromatic rings. The van der Waals surface area contributed by atoms with Gasteiger partial charge in [0.2, 0.25) is 0 Å². The number of ether oxygens (including phenoxy) is 1. The zero-order chi connectivity index (χ0) is 24.1. The normalized spacial score (nSPS) is 12.9. The lowest BCUT2D eigenvalue weighted by Crippen LogP contribution is -2.38. The number of aromatic nitrogens is 1. The van der Waals surface area contributed by atoms with Gasteiger partial charge >= 0.3 is 0 Å². The molecule has 1 heterocycles. The number of hydrogen-bond donors (Lipinski definition) is 4. The molecule has 4 rings (SSSR count). The Bertz CT molecular complexity index is 1280. The minimum Gasteiger partial charge on any atom is -0.493 e. The Morgan fingerprint density at radius 1 is 1.06 bits per heavy atom. The van der Waals surface area contributed by atoms with E-state index in [9.17, 15) is 15.0 Å². The molecule has 1 unspecified atom stereocenters. The minimum atomic E-state index is -1.09. The van der Waals surface area contributed by atoms with Gasteiger partial charge in [-0.15, -0.1) is 0 Å². The summed E-state index contributed by atoms with van der Waals surface area (Å²) in [6.45, 7) is 4.30. The van der Waals surface area contributed by atoms with Crippen LogP contribution in [0.1, 0.15) is 47.7 Å². The Kier molecular flexibility index (Phi) is 7.30. The first kappa shape index (κ1) is 23.5. The summed E-state index contributed by atoms with van der Waals surface area (Å²) >= 11 is 0. The van der Waals surface area contributed by atoms with Gasteiger partial charge in [0.25, 0.3) is 5.91 Å². The number of benzene rings is 3. The first-order valence-corrected chi connectivity index (χ1v) is 11.5. The number of rotatable bonds is 9. The highest BCUT2D eigenvalue weighted by atomic mass is 16.5. The highest BCUT2D eigenvalue weighted by molar-refractivity contribution is 5.98. The van der Waals surface area contributed by atoms with Gasteiger partial charge in [-0.2, -0.15) is 0 Å². The second kappa shape index (κ2) is 10.5. The van der Waals surface area contributed by atoms with E-state index in [4.69, 9.17) is 4.74 Å². The molecule has 0 spiro atoms. The maximum Gasteiger partial charge on any atom is 0.257 e. The second-order valence-electron chi connectivity index (χ2n) is 8.41. The van der Waals surface area contributed by atoms with E-state index in [0.717, 1.165) is 39.6 Å². The number of amides is 1. The maximum atomic E-state index is 13.3. The van der Waals surface area contributed by atoms with Crippen molar-refractivity contribution in [1.29, 1.82) is 0 Å². The lowest BCUT2D eigenvalue weighted by Gasteiger charge is -2.21. The molecule has 1 aromatic heterocycles. The molecule has 0 bridgehead atoms. The first-order chi connectivity index (χ1) is 16.5. The highest BCUT2D eigenvalue weighted by Gasteiger charge is 2.23. The lowest BCUT2D eigenvalue weighted by molar-refractivity contribution is 0.0724. The Hall–Kier alpha value is -3.61. The zero-order valence-corrected chi connectivity index (χ0v) is 19.4. The quantitative estimate of drug-likeness (QED) is 0.267. The van der Waals surface area contributed by atoms with Crippen LogP contribution in [0.15, 0.2) is 72.9 Å². The van der Waals surface area contributed by atoms with Crippen LogP contribution in [0.25, 0.3) is 22.0 Å². The Morgan fingerprint density at radius 2 is 1.85 bits per heavy atom. The summed E-state index contributed by atoms with van der Waals surface area (Å²) < 4.78 is 5.83. The van der Waals surface area contributed by atoms with Crippen molar-refractivity contribution in [3.8, 4) is 16.9 Å². The third-order valence-corrected chi connectivity index (χ3v) is 5.99. The fraction of sp³-hybridized carbons (Fsp3) is 0.250. The first-order valence-electron chi connectivity index (χ1n) is 11.5. The van der Waals surface area contributed by atoms with Crippen molar-refractivity contribution in [3.05, 3.63) is 89.6 Å². The molecule has 34 heavy (non-hydrogen) atoms. The van der Waals surface area contributed by atoms with Crippen LogP contribution in [0.4, 0.5) is 0 Å². The number of aromatic amines is 1. The third-order valence-electron chi connectivity index (χ3n) is 5.99. The fourth-order valence-electron chi connectivity index (χ4n) is 4.05. The molecule has 0 aliphatic heterocycles. The smallest absolute Gasteiger partial charge is 0.257 e. The highest BCUT2D eigenvalue weighted by Crippen LogP contribution is 2.30. The molecular weight excluding hydrogens is 428 g/mol. The topological polar surface area (TPSA) is 94.6 Å². The van der Waals surface area contributed by atoms with Gasteiger partial charge < -0.3 is 25.3 Å². The van der Waals surface area contributed by atoms with Gasteiger partial charge in [-0.3, -0.25) is 4.79 Å². The van der Waals surface area contributed by atoms with Crippen molar-refractivity contribution < 1.29 is 19.7 Å². The molecule has 0 saturated carbocycles. The number of nitrogens with one attached hydrogen (secondary N) is 2. The molecule has 0 fully saturated rings. The predicted octanol–water partition coefficient (Wildman–Crippen LogP) is 4.97. The summed E-state index contributed by atoms with van der Waals surface area (Å²) in [6, 6.07) is 20.8. The number of fused-ring (bicyclic) bond motifs is 1. The van der Waals surface area contributed by atoms with Crippen LogP contribution >= 0.6 is 0 Å². The van der Waals surface area contributed by atoms with Gasteiger partial charge in [-0.1, -0.05) is 56.3 Å². The van der Waals surface area contributed by atoms with Gasteiger partial charge in [0.15, 0.2) is 0 Å². The largest absolute Gasteiger partial charge is 0.493 e. The molecule has 4 N–H and O–H groups in total. The van der Waals surface area contributed by atoms with Crippen molar-refractivity contribution in [3.63, 3.8) is 0 Å². The monoisotopic (exact) mass is 458 g/mol. The molecule has 0 aliphatic carbocycles. The van der Waals surface area contributed by atoms with E-state index in [2.05, 4.69) is 10.3 Å². The van der Waals surface area contributed by atoms with Crippen LogP contribution in [0.3, 0.4) is 0 Å². The molecule has 1 amide bonds. The molecule has 2 atom stereocenters. The molecular formula is C28H30N2O4. The van der Waals surface area contributed by atoms with Crippen molar-refractivity contribution in [2.75, 3.05) is 6.61 Å². The average molecular weight is 459 g/mol. The maximum absolute atomic E-state index is 13.3. The lowest BCUT2D eigenvalue weighted by atomic mass is 9.98. The van der Waals surface area contributed by atoms with E-state index in [-0.39, 0.29) is 12.5 Å². The van der Waals surface area contributed by atoms with Gasteiger partial charge in [0.1, 0.15) is 12.0 Å². The van der Waals surface area contributed by atoms with Gasteiger partial charge in [0.05, 0.1) is 18.8 Å². The Morgan fingerprint density at radius 3 is 2.65 bits per heavy atom. The van der Waals surface area contributed by atoms with Crippen molar-refractivity contribution in [2.24, 2.45) is 0 Å². The summed E-state index contributed by atoms with van der Waals surface area (Å²) in [6.07, 6.45) is 1.59. The average Bonchev–Trinajstić information content (AvgIpc) is 3.31. The number of aliphatic hydroxyl groups excluding tert-OH is 2. The summed E-state index contributed by atoms with van der Waals surface area (Å²) in [5.41, 5.74) is 4.76. The molecule has 6 nitrogen and oxygen atoms in total. The molecule has 0 aliphatic rings. The number of aliphatic hydroxyl groups is 2. The zero-order valence-electron chi connectivity index (χ0n) is 19.4. The van der Waals surface area contributed by atoms with Crippen LogP contribution in [-0.2, 0) is 6.61 Å².